The fourth-order valence-corrected chi connectivity index (χ4v) is 2.17. The van der Waals surface area contributed by atoms with E-state index in [9.17, 15) is 18.3 Å². The average molecular weight is 307 g/mol. The quantitative estimate of drug-likeness (QED) is 0.749. The van der Waals surface area contributed by atoms with Crippen LogP contribution in [0.4, 0.5) is 13.2 Å². The Hall–Kier alpha value is -1.39. The Morgan fingerprint density at radius 3 is 2.21 bits per heavy atom. The molecule has 0 atom stereocenters. The van der Waals surface area contributed by atoms with E-state index in [4.69, 9.17) is 23.2 Å². The van der Waals surface area contributed by atoms with Crippen LogP contribution in [0.25, 0.3) is 11.1 Å². The van der Waals surface area contributed by atoms with Gasteiger partial charge in [0, 0.05) is 15.6 Å². The highest BCUT2D eigenvalue weighted by Gasteiger charge is 2.31. The normalized spacial score (nSPS) is 11.6. The van der Waals surface area contributed by atoms with Gasteiger partial charge in [-0.05, 0) is 35.9 Å². The molecule has 0 aliphatic carbocycles. The van der Waals surface area contributed by atoms with Gasteiger partial charge in [-0.15, -0.1) is 0 Å². The number of halogens is 5. The van der Waals surface area contributed by atoms with Crippen LogP contribution in [0.2, 0.25) is 10.0 Å². The Bertz CT molecular complexity index is 624. The summed E-state index contributed by atoms with van der Waals surface area (Å²) >= 11 is 11.7. The Labute approximate surface area is 117 Å². The zero-order valence-electron chi connectivity index (χ0n) is 9.30. The van der Waals surface area contributed by atoms with Crippen LogP contribution in [0.5, 0.6) is 5.75 Å². The molecule has 0 aliphatic heterocycles. The van der Waals surface area contributed by atoms with E-state index in [0.717, 1.165) is 6.07 Å². The second kappa shape index (κ2) is 4.94. The van der Waals surface area contributed by atoms with Gasteiger partial charge in [0.25, 0.3) is 0 Å². The molecule has 2 aromatic rings. The lowest BCUT2D eigenvalue weighted by atomic mass is 10.0. The number of phenolic OH excluding ortho intramolecular Hbond substituents is 1. The van der Waals surface area contributed by atoms with Crippen molar-refractivity contribution in [3.05, 3.63) is 52.0 Å². The smallest absolute Gasteiger partial charge is 0.416 e. The summed E-state index contributed by atoms with van der Waals surface area (Å²) in [5.41, 5.74) is -0.394. The summed E-state index contributed by atoms with van der Waals surface area (Å²) in [4.78, 5) is 0. The first-order valence-corrected chi connectivity index (χ1v) is 5.89. The van der Waals surface area contributed by atoms with E-state index in [0.29, 0.717) is 16.7 Å². The number of phenols is 1. The van der Waals surface area contributed by atoms with Gasteiger partial charge in [0.2, 0.25) is 0 Å². The molecule has 0 saturated carbocycles. The molecule has 19 heavy (non-hydrogen) atoms. The molecule has 0 aliphatic rings. The van der Waals surface area contributed by atoms with Crippen molar-refractivity contribution in [3.8, 4) is 16.9 Å². The van der Waals surface area contributed by atoms with Crippen LogP contribution in [0.3, 0.4) is 0 Å². The van der Waals surface area contributed by atoms with Crippen LogP contribution in [0.15, 0.2) is 36.4 Å². The minimum absolute atomic E-state index is 0.175. The van der Waals surface area contributed by atoms with Gasteiger partial charge < -0.3 is 5.11 Å². The Kier molecular flexibility index (Phi) is 3.65. The molecule has 1 N–H and O–H groups in total. The molecule has 2 rings (SSSR count). The van der Waals surface area contributed by atoms with Gasteiger partial charge in [-0.1, -0.05) is 29.3 Å². The van der Waals surface area contributed by atoms with Gasteiger partial charge in [0.1, 0.15) is 5.75 Å². The number of alkyl halides is 3. The second-order valence-corrected chi connectivity index (χ2v) is 4.73. The van der Waals surface area contributed by atoms with E-state index < -0.39 is 17.5 Å². The number of hydrogen-bond donors (Lipinski definition) is 1. The number of benzene rings is 2. The van der Waals surface area contributed by atoms with Gasteiger partial charge in [-0.3, -0.25) is 0 Å². The van der Waals surface area contributed by atoms with Gasteiger partial charge in [-0.25, -0.2) is 0 Å². The van der Waals surface area contributed by atoms with Crippen molar-refractivity contribution in [2.45, 2.75) is 6.18 Å². The van der Waals surface area contributed by atoms with E-state index in [1.807, 2.05) is 0 Å². The summed E-state index contributed by atoms with van der Waals surface area (Å²) in [6.07, 6.45) is -4.54. The zero-order chi connectivity index (χ0) is 14.2. The molecule has 0 aromatic heterocycles. The third kappa shape index (κ3) is 3.14. The van der Waals surface area contributed by atoms with Crippen LogP contribution in [0.1, 0.15) is 5.56 Å². The van der Waals surface area contributed by atoms with Crippen LogP contribution in [-0.4, -0.2) is 5.11 Å². The minimum Gasteiger partial charge on any atom is -0.508 e. The summed E-state index contributed by atoms with van der Waals surface area (Å²) in [5.74, 6) is -0.476. The molecule has 0 amide bonds. The lowest BCUT2D eigenvalue weighted by molar-refractivity contribution is -0.137. The molecule has 0 fully saturated rings. The molecule has 0 radical (unpaired) electrons. The summed E-state index contributed by atoms with van der Waals surface area (Å²) < 4.78 is 38.0. The van der Waals surface area contributed by atoms with Gasteiger partial charge in [0.05, 0.1) is 5.56 Å². The summed E-state index contributed by atoms with van der Waals surface area (Å²) in [7, 11) is 0. The highest BCUT2D eigenvalue weighted by molar-refractivity contribution is 6.36. The van der Waals surface area contributed by atoms with Crippen LogP contribution < -0.4 is 0 Å². The fourth-order valence-electron chi connectivity index (χ4n) is 1.65. The van der Waals surface area contributed by atoms with Gasteiger partial charge >= 0.3 is 6.18 Å². The van der Waals surface area contributed by atoms with Crippen molar-refractivity contribution < 1.29 is 18.3 Å². The molecule has 2 aromatic carbocycles. The molecule has 0 unspecified atom stereocenters. The third-order valence-electron chi connectivity index (χ3n) is 2.49. The van der Waals surface area contributed by atoms with Crippen molar-refractivity contribution in [1.82, 2.24) is 0 Å². The third-order valence-corrected chi connectivity index (χ3v) is 3.04. The molecule has 0 saturated heterocycles. The van der Waals surface area contributed by atoms with E-state index in [-0.39, 0.29) is 10.6 Å². The molecule has 6 heteroatoms. The first-order valence-electron chi connectivity index (χ1n) is 5.14. The first-order chi connectivity index (χ1) is 8.77. The highest BCUT2D eigenvalue weighted by atomic mass is 35.5. The maximum Gasteiger partial charge on any atom is 0.416 e. The maximum atomic E-state index is 12.7. The van der Waals surface area contributed by atoms with Crippen LogP contribution >= 0.6 is 23.2 Å². The molecule has 100 valence electrons. The lowest BCUT2D eigenvalue weighted by Gasteiger charge is -2.11. The van der Waals surface area contributed by atoms with Crippen molar-refractivity contribution in [3.63, 3.8) is 0 Å². The summed E-state index contributed by atoms with van der Waals surface area (Å²) in [5, 5.41) is 9.99. The largest absolute Gasteiger partial charge is 0.508 e. The maximum absolute atomic E-state index is 12.7. The Morgan fingerprint density at radius 2 is 1.63 bits per heavy atom. The van der Waals surface area contributed by atoms with E-state index in [1.54, 1.807) is 0 Å². The molecule has 0 heterocycles. The van der Waals surface area contributed by atoms with Crippen molar-refractivity contribution in [2.24, 2.45) is 0 Å². The van der Waals surface area contributed by atoms with E-state index >= 15 is 0 Å². The standard InChI is InChI=1S/C13H7Cl2F3O/c14-9-1-2-11(12(15)6-9)7-3-8(13(16,17)18)5-10(19)4-7/h1-6,19H. The predicted octanol–water partition coefficient (Wildman–Crippen LogP) is 5.38. The van der Waals surface area contributed by atoms with Crippen molar-refractivity contribution >= 4 is 23.2 Å². The van der Waals surface area contributed by atoms with Gasteiger partial charge in [0.15, 0.2) is 0 Å². The van der Waals surface area contributed by atoms with Crippen molar-refractivity contribution in [2.75, 3.05) is 0 Å². The first kappa shape index (κ1) is 14.0. The number of rotatable bonds is 1. The van der Waals surface area contributed by atoms with E-state index in [2.05, 4.69) is 0 Å². The highest BCUT2D eigenvalue weighted by Crippen LogP contribution is 2.37. The average Bonchev–Trinajstić information content (AvgIpc) is 2.26. The Balaban J connectivity index is 2.59. The topological polar surface area (TPSA) is 20.2 Å². The molecule has 0 spiro atoms. The van der Waals surface area contributed by atoms with Gasteiger partial charge in [-0.2, -0.15) is 13.2 Å². The SMILES string of the molecule is Oc1cc(-c2ccc(Cl)cc2Cl)cc(C(F)(F)F)c1. The molecular formula is C13H7Cl2F3O. The predicted molar refractivity (Wildman–Crippen MR) is 68.6 cm³/mol. The second-order valence-electron chi connectivity index (χ2n) is 3.89. The van der Waals surface area contributed by atoms with Crippen LogP contribution in [-0.2, 0) is 6.18 Å². The summed E-state index contributed by atoms with van der Waals surface area (Å²) in [6, 6.07) is 7.24. The molecule has 1 nitrogen and oxygen atoms in total. The molecule has 0 bridgehead atoms. The Morgan fingerprint density at radius 1 is 0.947 bits per heavy atom. The van der Waals surface area contributed by atoms with Crippen LogP contribution in [0, 0.1) is 0 Å². The summed E-state index contributed by atoms with van der Waals surface area (Å²) in [6.45, 7) is 0. The zero-order valence-corrected chi connectivity index (χ0v) is 10.8. The lowest BCUT2D eigenvalue weighted by Crippen LogP contribution is -2.04. The van der Waals surface area contributed by atoms with E-state index in [1.165, 1.54) is 24.3 Å². The molecular weight excluding hydrogens is 300 g/mol. The number of hydrogen-bond acceptors (Lipinski definition) is 1. The fraction of sp³-hybridized carbons (Fsp3) is 0.0769. The van der Waals surface area contributed by atoms with Crippen molar-refractivity contribution in [1.29, 1.82) is 0 Å². The number of aromatic hydroxyl groups is 1. The monoisotopic (exact) mass is 306 g/mol. The minimum atomic E-state index is -4.54.